The van der Waals surface area contributed by atoms with Gasteiger partial charge in [-0.3, -0.25) is 4.72 Å². The van der Waals surface area contributed by atoms with E-state index < -0.39 is 6.03 Å². The molecule has 0 saturated carbocycles. The van der Waals surface area contributed by atoms with Gasteiger partial charge < -0.3 is 10.5 Å². The molecule has 0 aliphatic heterocycles. The van der Waals surface area contributed by atoms with E-state index in [2.05, 4.69) is 4.72 Å². The molecule has 0 aromatic heterocycles. The van der Waals surface area contributed by atoms with Crippen molar-refractivity contribution < 1.29 is 9.53 Å². The normalized spacial score (nSPS) is 9.50. The molecule has 1 aromatic rings. The molecule has 0 unspecified atom stereocenters. The van der Waals surface area contributed by atoms with Gasteiger partial charge in [0.2, 0.25) is 0 Å². The minimum absolute atomic E-state index is 0.525. The first-order valence-corrected chi connectivity index (χ1v) is 5.01. The van der Waals surface area contributed by atoms with E-state index in [4.69, 9.17) is 10.5 Å². The number of carbonyl (C=O) groups is 1. The van der Waals surface area contributed by atoms with E-state index in [0.717, 1.165) is 11.3 Å². The average molecular weight is 212 g/mol. The largest absolute Gasteiger partial charge is 0.497 e. The third kappa shape index (κ3) is 3.57. The third-order valence-electron chi connectivity index (χ3n) is 1.57. The molecule has 4 nitrogen and oxygen atoms in total. The zero-order valence-electron chi connectivity index (χ0n) is 7.82. The molecular weight excluding hydrogens is 200 g/mol. The van der Waals surface area contributed by atoms with Crippen LogP contribution in [0.2, 0.25) is 0 Å². The highest BCUT2D eigenvalue weighted by molar-refractivity contribution is 7.97. The smallest absolute Gasteiger partial charge is 0.322 e. The Morgan fingerprint density at radius 3 is 2.64 bits per heavy atom. The van der Waals surface area contributed by atoms with Gasteiger partial charge in [0.1, 0.15) is 5.75 Å². The van der Waals surface area contributed by atoms with Crippen LogP contribution in [-0.4, -0.2) is 13.1 Å². The number of nitrogens with two attached hydrogens (primary N) is 1. The summed E-state index contributed by atoms with van der Waals surface area (Å²) in [6.07, 6.45) is 0. The standard InChI is InChI=1S/C9H12N2O2S/c1-13-8-4-2-7(3-5-8)6-14-11-9(10)12/h2-5H,6H2,1H3,(H3,10,11,12). The van der Waals surface area contributed by atoms with Crippen molar-refractivity contribution in [2.45, 2.75) is 5.75 Å². The molecule has 1 rings (SSSR count). The van der Waals surface area contributed by atoms with E-state index in [1.807, 2.05) is 24.3 Å². The summed E-state index contributed by atoms with van der Waals surface area (Å²) in [6.45, 7) is 0. The summed E-state index contributed by atoms with van der Waals surface area (Å²) < 4.78 is 7.46. The van der Waals surface area contributed by atoms with Crippen molar-refractivity contribution in [3.63, 3.8) is 0 Å². The summed E-state index contributed by atoms with van der Waals surface area (Å²) in [5.74, 6) is 1.51. The molecular formula is C9H12N2O2S. The van der Waals surface area contributed by atoms with Crippen LogP contribution >= 0.6 is 11.9 Å². The van der Waals surface area contributed by atoms with Crippen molar-refractivity contribution in [1.82, 2.24) is 4.72 Å². The number of ether oxygens (including phenoxy) is 1. The van der Waals surface area contributed by atoms with Gasteiger partial charge in [-0.05, 0) is 29.6 Å². The Kier molecular flexibility index (Phi) is 4.12. The fraction of sp³-hybridized carbons (Fsp3) is 0.222. The zero-order chi connectivity index (χ0) is 10.4. The van der Waals surface area contributed by atoms with Crippen molar-refractivity contribution in [2.24, 2.45) is 5.73 Å². The van der Waals surface area contributed by atoms with Gasteiger partial charge in [-0.1, -0.05) is 12.1 Å². The second-order valence-electron chi connectivity index (χ2n) is 2.60. The summed E-state index contributed by atoms with van der Waals surface area (Å²) >= 11 is 1.26. The van der Waals surface area contributed by atoms with Crippen LogP contribution in [0.4, 0.5) is 4.79 Å². The molecule has 5 heteroatoms. The van der Waals surface area contributed by atoms with Gasteiger partial charge in [0, 0.05) is 5.75 Å². The Hall–Kier alpha value is -1.36. The van der Waals surface area contributed by atoms with Crippen LogP contribution in [0.15, 0.2) is 24.3 Å². The van der Waals surface area contributed by atoms with E-state index >= 15 is 0 Å². The van der Waals surface area contributed by atoms with Crippen LogP contribution in [0.25, 0.3) is 0 Å². The summed E-state index contributed by atoms with van der Waals surface area (Å²) in [6, 6.07) is 7.10. The summed E-state index contributed by atoms with van der Waals surface area (Å²) in [5, 5.41) is 0. The topological polar surface area (TPSA) is 64.3 Å². The molecule has 0 spiro atoms. The molecule has 0 bridgehead atoms. The Morgan fingerprint density at radius 1 is 1.50 bits per heavy atom. The highest BCUT2D eigenvalue weighted by Gasteiger charge is 1.96. The van der Waals surface area contributed by atoms with Crippen LogP contribution in [-0.2, 0) is 5.75 Å². The minimum atomic E-state index is -0.525. The average Bonchev–Trinajstić information content (AvgIpc) is 2.18. The molecule has 0 saturated heterocycles. The monoisotopic (exact) mass is 212 g/mol. The summed E-state index contributed by atoms with van der Waals surface area (Å²) in [4.78, 5) is 10.4. The van der Waals surface area contributed by atoms with E-state index in [1.54, 1.807) is 7.11 Å². The van der Waals surface area contributed by atoms with Crippen LogP contribution in [0.1, 0.15) is 5.56 Å². The minimum Gasteiger partial charge on any atom is -0.497 e. The van der Waals surface area contributed by atoms with Crippen LogP contribution < -0.4 is 15.2 Å². The Bertz CT molecular complexity index is 300. The second-order valence-corrected chi connectivity index (χ2v) is 3.38. The molecule has 0 atom stereocenters. The highest BCUT2D eigenvalue weighted by atomic mass is 32.2. The predicted molar refractivity (Wildman–Crippen MR) is 57.0 cm³/mol. The molecule has 3 N–H and O–H groups in total. The number of benzene rings is 1. The number of hydrogen-bond donors (Lipinski definition) is 2. The molecule has 14 heavy (non-hydrogen) atoms. The second kappa shape index (κ2) is 5.39. The highest BCUT2D eigenvalue weighted by Crippen LogP contribution is 2.14. The summed E-state index contributed by atoms with van der Waals surface area (Å²) in [5.41, 5.74) is 6.01. The fourth-order valence-corrected chi connectivity index (χ4v) is 1.49. The molecule has 0 radical (unpaired) electrons. The SMILES string of the molecule is COc1ccc(CSNC(N)=O)cc1. The van der Waals surface area contributed by atoms with Gasteiger partial charge in [-0.25, -0.2) is 4.79 Å². The number of primary amides is 1. The van der Waals surface area contributed by atoms with Gasteiger partial charge in [0.25, 0.3) is 0 Å². The van der Waals surface area contributed by atoms with E-state index in [9.17, 15) is 4.79 Å². The van der Waals surface area contributed by atoms with Crippen LogP contribution in [0, 0.1) is 0 Å². The lowest BCUT2D eigenvalue weighted by molar-refractivity contribution is 0.254. The van der Waals surface area contributed by atoms with Crippen molar-refractivity contribution in [2.75, 3.05) is 7.11 Å². The van der Waals surface area contributed by atoms with E-state index in [1.165, 1.54) is 11.9 Å². The first-order chi connectivity index (χ1) is 6.72. The van der Waals surface area contributed by atoms with Crippen LogP contribution in [0.5, 0.6) is 5.75 Å². The Morgan fingerprint density at radius 2 is 2.14 bits per heavy atom. The Balaban J connectivity index is 2.40. The van der Waals surface area contributed by atoms with Gasteiger partial charge in [-0.15, -0.1) is 0 Å². The number of hydrogen-bond acceptors (Lipinski definition) is 3. The van der Waals surface area contributed by atoms with E-state index in [-0.39, 0.29) is 0 Å². The lowest BCUT2D eigenvalue weighted by Gasteiger charge is -2.03. The molecule has 0 fully saturated rings. The van der Waals surface area contributed by atoms with Gasteiger partial charge in [-0.2, -0.15) is 0 Å². The lowest BCUT2D eigenvalue weighted by Crippen LogP contribution is -2.22. The molecule has 0 heterocycles. The zero-order valence-corrected chi connectivity index (χ0v) is 8.64. The molecule has 1 aromatic carbocycles. The van der Waals surface area contributed by atoms with Crippen molar-refractivity contribution >= 4 is 18.0 Å². The fourth-order valence-electron chi connectivity index (χ4n) is 0.912. The third-order valence-corrected chi connectivity index (χ3v) is 2.39. The number of rotatable bonds is 4. The quantitative estimate of drug-likeness (QED) is 0.743. The first kappa shape index (κ1) is 10.7. The number of methoxy groups -OCH3 is 1. The van der Waals surface area contributed by atoms with E-state index in [0.29, 0.717) is 5.75 Å². The maximum absolute atomic E-state index is 10.4. The Labute approximate surface area is 86.9 Å². The van der Waals surface area contributed by atoms with Crippen molar-refractivity contribution in [3.8, 4) is 5.75 Å². The van der Waals surface area contributed by atoms with Crippen LogP contribution in [0.3, 0.4) is 0 Å². The molecule has 0 aliphatic carbocycles. The molecule has 76 valence electrons. The number of amides is 2. The number of urea groups is 1. The lowest BCUT2D eigenvalue weighted by atomic mass is 10.2. The van der Waals surface area contributed by atoms with Gasteiger partial charge >= 0.3 is 6.03 Å². The molecule has 0 aliphatic rings. The first-order valence-electron chi connectivity index (χ1n) is 4.02. The predicted octanol–water partition coefficient (Wildman–Crippen LogP) is 1.51. The van der Waals surface area contributed by atoms with Gasteiger partial charge in [0.15, 0.2) is 0 Å². The number of nitrogens with one attached hydrogen (secondary N) is 1. The van der Waals surface area contributed by atoms with Gasteiger partial charge in [0.05, 0.1) is 7.11 Å². The number of carbonyl (C=O) groups excluding carboxylic acids is 1. The maximum atomic E-state index is 10.4. The van der Waals surface area contributed by atoms with Crippen molar-refractivity contribution in [1.29, 1.82) is 0 Å². The summed E-state index contributed by atoms with van der Waals surface area (Å²) in [7, 11) is 1.62. The maximum Gasteiger partial charge on any atom is 0.322 e. The molecule has 2 amide bonds. The van der Waals surface area contributed by atoms with Crippen molar-refractivity contribution in [3.05, 3.63) is 29.8 Å².